The molecule has 0 spiro atoms. The van der Waals surface area contributed by atoms with Gasteiger partial charge >= 0.3 is 0 Å². The van der Waals surface area contributed by atoms with Gasteiger partial charge in [-0.1, -0.05) is 279 Å². The molecule has 85 heavy (non-hydrogen) atoms. The van der Waals surface area contributed by atoms with E-state index in [1.54, 1.807) is 0 Å². The predicted molar refractivity (Wildman–Crippen MR) is 362 cm³/mol. The van der Waals surface area contributed by atoms with Crippen molar-refractivity contribution in [2.24, 2.45) is 0 Å². The molecule has 0 amide bonds. The van der Waals surface area contributed by atoms with Crippen LogP contribution in [-0.2, 0) is 0 Å². The third-order valence-corrected chi connectivity index (χ3v) is 17.8. The lowest BCUT2D eigenvalue weighted by molar-refractivity contribution is 1.11. The third kappa shape index (κ3) is 8.06. The van der Waals surface area contributed by atoms with Crippen molar-refractivity contribution in [3.05, 3.63) is 315 Å². The van der Waals surface area contributed by atoms with Gasteiger partial charge in [0, 0.05) is 10.9 Å². The zero-order valence-corrected chi connectivity index (χ0v) is 46.4. The van der Waals surface area contributed by atoms with Gasteiger partial charge in [-0.15, -0.1) is 0 Å². The maximum absolute atomic E-state index is 5.31. The van der Waals surface area contributed by atoms with Crippen LogP contribution in [0.4, 0.5) is 0 Å². The van der Waals surface area contributed by atoms with Crippen LogP contribution < -0.4 is 0 Å². The fourth-order valence-electron chi connectivity index (χ4n) is 13.8. The number of fused-ring (bicyclic) bond motifs is 8. The van der Waals surface area contributed by atoms with Crippen LogP contribution in [0.3, 0.4) is 0 Å². The smallest absolute Gasteiger partial charge is 0.145 e. The van der Waals surface area contributed by atoms with Crippen molar-refractivity contribution in [2.45, 2.75) is 0 Å². The predicted octanol–water partition coefficient (Wildman–Crippen LogP) is 22.8. The molecule has 0 N–H and O–H groups in total. The second-order valence-electron chi connectivity index (χ2n) is 22.5. The van der Waals surface area contributed by atoms with Gasteiger partial charge in [0.15, 0.2) is 0 Å². The SMILES string of the molecule is c1ccc2cc(-c3ccc(-c4c5ccccc5c(-c5ccc(-c6ccc7ccccc7c6)cc5)c5cc(-c6c7ccccc7c(-c7ccc(-c8nc9ccccc9n8-c8cccc9ccccc89)cc7)c7ccccc67)ccc45)cc3)ccc2c1. The Labute approximate surface area is 492 Å². The summed E-state index contributed by atoms with van der Waals surface area (Å²) in [6, 6.07) is 116. The topological polar surface area (TPSA) is 17.8 Å². The van der Waals surface area contributed by atoms with E-state index in [1.807, 2.05) is 0 Å². The van der Waals surface area contributed by atoms with Crippen molar-refractivity contribution in [1.82, 2.24) is 9.55 Å². The van der Waals surface area contributed by atoms with Crippen LogP contribution in [0.2, 0.25) is 0 Å². The van der Waals surface area contributed by atoms with Crippen molar-refractivity contribution in [3.8, 4) is 83.8 Å². The first kappa shape index (κ1) is 48.5. The molecule has 1 aromatic heterocycles. The summed E-state index contributed by atoms with van der Waals surface area (Å²) < 4.78 is 2.33. The normalized spacial score (nSPS) is 11.8. The van der Waals surface area contributed by atoms with Gasteiger partial charge in [0.1, 0.15) is 5.82 Å². The molecule has 17 rings (SSSR count). The maximum atomic E-state index is 5.31. The van der Waals surface area contributed by atoms with Crippen molar-refractivity contribution < 1.29 is 0 Å². The first-order valence-electron chi connectivity index (χ1n) is 29.3. The molecule has 17 aromatic rings. The Morgan fingerprint density at radius 2 is 0.553 bits per heavy atom. The van der Waals surface area contributed by atoms with E-state index in [2.05, 4.69) is 320 Å². The van der Waals surface area contributed by atoms with Crippen LogP contribution in [0, 0.1) is 0 Å². The standard InChI is InChI=1S/C83H52N2/c1-3-19-62-50-64(46-36-53(62)16-1)55-32-38-58(39-33-55)80-68-23-7-10-26-71(68)81(60-40-34-56(35-41-60)65-47-37-54-17-2-4-20-63(54)51-65)75-52-66(48-49-74(75)80)82-72-27-11-8-24-69(72)79(70-25-9-12-28-73(70)82)59-42-44-61(45-43-59)83-84-76-29-13-14-30-78(76)85(83)77-31-15-21-57-18-5-6-22-67(57)77/h1-52H. The van der Waals surface area contributed by atoms with Gasteiger partial charge in [0.2, 0.25) is 0 Å². The molecule has 16 aromatic carbocycles. The molecule has 0 unspecified atom stereocenters. The Morgan fingerprint density at radius 3 is 1.07 bits per heavy atom. The fourth-order valence-corrected chi connectivity index (χ4v) is 13.8. The summed E-state index contributed by atoms with van der Waals surface area (Å²) in [6.07, 6.45) is 0. The third-order valence-electron chi connectivity index (χ3n) is 17.8. The van der Waals surface area contributed by atoms with E-state index < -0.39 is 0 Å². The lowest BCUT2D eigenvalue weighted by Crippen LogP contribution is -1.98. The fraction of sp³-hybridized carbons (Fsp3) is 0. The summed E-state index contributed by atoms with van der Waals surface area (Å²) in [4.78, 5) is 5.31. The molecule has 0 fully saturated rings. The zero-order valence-electron chi connectivity index (χ0n) is 46.4. The number of para-hydroxylation sites is 2. The van der Waals surface area contributed by atoms with Gasteiger partial charge in [-0.25, -0.2) is 4.98 Å². The highest BCUT2D eigenvalue weighted by Crippen LogP contribution is 2.49. The minimum atomic E-state index is 0.916. The Bertz CT molecular complexity index is 5450. The second-order valence-corrected chi connectivity index (χ2v) is 22.5. The second kappa shape index (κ2) is 19.8. The zero-order chi connectivity index (χ0) is 56.0. The molecular weight excluding hydrogens is 1020 g/mol. The number of rotatable bonds is 8. The highest BCUT2D eigenvalue weighted by molar-refractivity contribution is 6.25. The summed E-state index contributed by atoms with van der Waals surface area (Å²) in [5, 5.41) is 17.1. The highest BCUT2D eigenvalue weighted by Gasteiger charge is 2.23. The molecule has 0 bridgehead atoms. The van der Waals surface area contributed by atoms with E-state index in [9.17, 15) is 0 Å². The number of nitrogens with zero attached hydrogens (tertiary/aromatic N) is 2. The van der Waals surface area contributed by atoms with Gasteiger partial charge in [0.25, 0.3) is 0 Å². The quantitative estimate of drug-likeness (QED) is 0.139. The van der Waals surface area contributed by atoms with Crippen LogP contribution in [0.15, 0.2) is 315 Å². The molecule has 0 aliphatic rings. The molecular formula is C83H52N2. The van der Waals surface area contributed by atoms with Gasteiger partial charge in [-0.05, 0) is 173 Å². The molecule has 1 heterocycles. The lowest BCUT2D eigenvalue weighted by Gasteiger charge is -2.21. The van der Waals surface area contributed by atoms with E-state index in [0.29, 0.717) is 0 Å². The summed E-state index contributed by atoms with van der Waals surface area (Å²) >= 11 is 0. The minimum absolute atomic E-state index is 0.916. The summed E-state index contributed by atoms with van der Waals surface area (Å²) in [5.41, 5.74) is 18.7. The van der Waals surface area contributed by atoms with E-state index >= 15 is 0 Å². The molecule has 2 nitrogen and oxygen atoms in total. The molecule has 0 saturated carbocycles. The molecule has 0 radical (unpaired) electrons. The first-order chi connectivity index (χ1) is 42.1. The number of aromatic nitrogens is 2. The van der Waals surface area contributed by atoms with Crippen LogP contribution in [-0.4, -0.2) is 9.55 Å². The largest absolute Gasteiger partial charge is 0.292 e. The van der Waals surface area contributed by atoms with Crippen LogP contribution >= 0.6 is 0 Å². The number of benzene rings is 16. The van der Waals surface area contributed by atoms with Gasteiger partial charge in [-0.3, -0.25) is 4.57 Å². The molecule has 2 heteroatoms. The van der Waals surface area contributed by atoms with E-state index in [4.69, 9.17) is 4.98 Å². The van der Waals surface area contributed by atoms with E-state index in [0.717, 1.165) is 33.7 Å². The van der Waals surface area contributed by atoms with Crippen molar-refractivity contribution in [2.75, 3.05) is 0 Å². The van der Waals surface area contributed by atoms with E-state index in [-0.39, 0.29) is 0 Å². The average Bonchev–Trinajstić information content (AvgIpc) is 1.47. The van der Waals surface area contributed by atoms with Crippen LogP contribution in [0.5, 0.6) is 0 Å². The molecule has 0 aliphatic carbocycles. The average molecular weight is 1080 g/mol. The van der Waals surface area contributed by atoms with Gasteiger partial charge < -0.3 is 0 Å². The molecule has 394 valence electrons. The van der Waals surface area contributed by atoms with Crippen LogP contribution in [0.1, 0.15) is 0 Å². The highest BCUT2D eigenvalue weighted by atomic mass is 15.1. The lowest BCUT2D eigenvalue weighted by atomic mass is 9.82. The monoisotopic (exact) mass is 1080 g/mol. The maximum Gasteiger partial charge on any atom is 0.145 e. The number of imidazole rings is 1. The minimum Gasteiger partial charge on any atom is -0.292 e. The van der Waals surface area contributed by atoms with Gasteiger partial charge in [-0.2, -0.15) is 0 Å². The first-order valence-corrected chi connectivity index (χ1v) is 29.3. The van der Waals surface area contributed by atoms with Crippen molar-refractivity contribution in [1.29, 1.82) is 0 Å². The Kier molecular flexibility index (Phi) is 11.3. The van der Waals surface area contributed by atoms with Crippen LogP contribution in [0.25, 0.3) is 170 Å². The van der Waals surface area contributed by atoms with E-state index in [1.165, 1.54) is 137 Å². The molecule has 0 aliphatic heterocycles. The summed E-state index contributed by atoms with van der Waals surface area (Å²) in [6.45, 7) is 0. The Balaban J connectivity index is 0.842. The summed E-state index contributed by atoms with van der Waals surface area (Å²) in [5.74, 6) is 0.916. The Hall–Kier alpha value is -11.2. The van der Waals surface area contributed by atoms with Crippen molar-refractivity contribution >= 4 is 86.4 Å². The number of hydrogen-bond donors (Lipinski definition) is 0. The van der Waals surface area contributed by atoms with Crippen molar-refractivity contribution in [3.63, 3.8) is 0 Å². The van der Waals surface area contributed by atoms with Gasteiger partial charge in [0.05, 0.1) is 16.7 Å². The number of hydrogen-bond acceptors (Lipinski definition) is 1. The molecule has 0 atom stereocenters. The Morgan fingerprint density at radius 1 is 0.200 bits per heavy atom. The summed E-state index contributed by atoms with van der Waals surface area (Å²) in [7, 11) is 0. The molecule has 0 saturated heterocycles.